The van der Waals surface area contributed by atoms with Crippen LogP contribution in [0.2, 0.25) is 0 Å². The zero-order valence-corrected chi connectivity index (χ0v) is 19.8. The fraction of sp³-hybridized carbons (Fsp3) is 0.192. The quantitative estimate of drug-likeness (QED) is 0.371. The van der Waals surface area contributed by atoms with E-state index in [1.165, 1.54) is 18.7 Å². The molecular formula is C26H25N5O2S. The van der Waals surface area contributed by atoms with Crippen LogP contribution in [0.15, 0.2) is 84.3 Å². The number of ketones is 1. The Morgan fingerprint density at radius 3 is 2.47 bits per heavy atom. The molecule has 2 heterocycles. The Balaban J connectivity index is 1.53. The number of rotatable bonds is 9. The SMILES string of the molecule is CC(=O)[C@@H](Cc1ccccc1)NC(=O)CSc1nnc(-c2cccnc2)n1-c1ccccc1C. The zero-order chi connectivity index (χ0) is 23.9. The third kappa shape index (κ3) is 5.58. The maximum absolute atomic E-state index is 12.8. The lowest BCUT2D eigenvalue weighted by Crippen LogP contribution is -2.42. The van der Waals surface area contributed by atoms with Crippen LogP contribution in [0.25, 0.3) is 17.1 Å². The monoisotopic (exact) mass is 471 g/mol. The summed E-state index contributed by atoms with van der Waals surface area (Å²) in [6, 6.07) is 20.8. The maximum atomic E-state index is 12.8. The molecule has 2 aromatic heterocycles. The molecule has 4 rings (SSSR count). The summed E-state index contributed by atoms with van der Waals surface area (Å²) < 4.78 is 1.94. The summed E-state index contributed by atoms with van der Waals surface area (Å²) in [7, 11) is 0. The van der Waals surface area contributed by atoms with E-state index in [1.807, 2.05) is 78.2 Å². The van der Waals surface area contributed by atoms with Crippen molar-refractivity contribution in [2.45, 2.75) is 31.5 Å². The van der Waals surface area contributed by atoms with Crippen molar-refractivity contribution in [3.63, 3.8) is 0 Å². The van der Waals surface area contributed by atoms with Crippen LogP contribution in [-0.2, 0) is 16.0 Å². The first-order valence-electron chi connectivity index (χ1n) is 10.9. The fourth-order valence-electron chi connectivity index (χ4n) is 3.59. The van der Waals surface area contributed by atoms with Crippen molar-refractivity contribution in [3.05, 3.63) is 90.3 Å². The van der Waals surface area contributed by atoms with Gasteiger partial charge in [-0.15, -0.1) is 10.2 Å². The second-order valence-corrected chi connectivity index (χ2v) is 8.82. The number of nitrogens with zero attached hydrogens (tertiary/aromatic N) is 4. The Hall–Kier alpha value is -3.78. The van der Waals surface area contributed by atoms with Gasteiger partial charge in [-0.1, -0.05) is 60.3 Å². The van der Waals surface area contributed by atoms with Gasteiger partial charge in [0.2, 0.25) is 5.91 Å². The second kappa shape index (κ2) is 10.9. The third-order valence-corrected chi connectivity index (χ3v) is 6.28. The van der Waals surface area contributed by atoms with Crippen molar-refractivity contribution >= 4 is 23.5 Å². The number of Topliss-reactive ketones (excluding diaryl/α,β-unsaturated/α-hetero) is 1. The minimum atomic E-state index is -0.573. The number of carbonyl (C=O) groups is 2. The zero-order valence-electron chi connectivity index (χ0n) is 19.0. The lowest BCUT2D eigenvalue weighted by Gasteiger charge is -2.16. The summed E-state index contributed by atoms with van der Waals surface area (Å²) in [6.07, 6.45) is 3.90. The van der Waals surface area contributed by atoms with Gasteiger partial charge in [-0.3, -0.25) is 19.1 Å². The molecule has 172 valence electrons. The van der Waals surface area contributed by atoms with Gasteiger partial charge in [0.1, 0.15) is 0 Å². The molecule has 0 aliphatic heterocycles. The number of amides is 1. The first-order valence-corrected chi connectivity index (χ1v) is 11.9. The molecule has 0 aliphatic rings. The molecule has 7 nitrogen and oxygen atoms in total. The molecule has 2 aromatic carbocycles. The number of thioether (sulfide) groups is 1. The predicted octanol–water partition coefficient (Wildman–Crippen LogP) is 4.05. The normalized spacial score (nSPS) is 11.7. The largest absolute Gasteiger partial charge is 0.345 e. The highest BCUT2D eigenvalue weighted by Gasteiger charge is 2.21. The minimum Gasteiger partial charge on any atom is -0.345 e. The standard InChI is InChI=1S/C26H25N5O2S/c1-18-9-6-7-13-23(18)31-25(21-12-8-14-27-16-21)29-30-26(31)34-17-24(33)28-22(19(2)32)15-20-10-4-3-5-11-20/h3-14,16,22H,15,17H2,1-2H3,(H,28,33)/t22-/m1/s1. The highest BCUT2D eigenvalue weighted by molar-refractivity contribution is 7.99. The van der Waals surface area contributed by atoms with E-state index in [0.717, 1.165) is 22.4 Å². The third-order valence-electron chi connectivity index (χ3n) is 5.35. The summed E-state index contributed by atoms with van der Waals surface area (Å²) in [5.74, 6) is 0.443. The van der Waals surface area contributed by atoms with E-state index in [4.69, 9.17) is 0 Å². The molecule has 8 heteroatoms. The first kappa shape index (κ1) is 23.4. The van der Waals surface area contributed by atoms with E-state index in [9.17, 15) is 9.59 Å². The molecule has 0 aliphatic carbocycles. The molecule has 0 bridgehead atoms. The topological polar surface area (TPSA) is 89.8 Å². The number of benzene rings is 2. The summed E-state index contributed by atoms with van der Waals surface area (Å²) >= 11 is 1.28. The molecule has 34 heavy (non-hydrogen) atoms. The number of para-hydroxylation sites is 1. The van der Waals surface area contributed by atoms with Gasteiger partial charge >= 0.3 is 0 Å². The van der Waals surface area contributed by atoms with Gasteiger partial charge in [-0.25, -0.2) is 0 Å². The number of carbonyl (C=O) groups excluding carboxylic acids is 2. The smallest absolute Gasteiger partial charge is 0.231 e. The molecule has 0 radical (unpaired) electrons. The van der Waals surface area contributed by atoms with Crippen molar-refractivity contribution in [1.29, 1.82) is 0 Å². The maximum Gasteiger partial charge on any atom is 0.231 e. The Kier molecular flexibility index (Phi) is 7.49. The Morgan fingerprint density at radius 2 is 1.76 bits per heavy atom. The van der Waals surface area contributed by atoms with Crippen LogP contribution in [0, 0.1) is 6.92 Å². The molecule has 1 N–H and O–H groups in total. The molecule has 0 unspecified atom stereocenters. The van der Waals surface area contributed by atoms with E-state index in [-0.39, 0.29) is 17.4 Å². The van der Waals surface area contributed by atoms with Crippen molar-refractivity contribution in [2.24, 2.45) is 0 Å². The molecular weight excluding hydrogens is 446 g/mol. The van der Waals surface area contributed by atoms with Gasteiger partial charge in [0.15, 0.2) is 16.8 Å². The molecule has 4 aromatic rings. The fourth-order valence-corrected chi connectivity index (χ4v) is 4.35. The van der Waals surface area contributed by atoms with E-state index >= 15 is 0 Å². The summed E-state index contributed by atoms with van der Waals surface area (Å²) in [6.45, 7) is 3.51. The Morgan fingerprint density at radius 1 is 1.00 bits per heavy atom. The average Bonchev–Trinajstić information content (AvgIpc) is 3.27. The van der Waals surface area contributed by atoms with Crippen molar-refractivity contribution in [3.8, 4) is 17.1 Å². The van der Waals surface area contributed by atoms with Crippen molar-refractivity contribution in [2.75, 3.05) is 5.75 Å². The summed E-state index contributed by atoms with van der Waals surface area (Å²) in [4.78, 5) is 29.1. The van der Waals surface area contributed by atoms with Gasteiger partial charge < -0.3 is 5.32 Å². The van der Waals surface area contributed by atoms with Crippen LogP contribution in [0.4, 0.5) is 0 Å². The van der Waals surface area contributed by atoms with Gasteiger partial charge in [0.25, 0.3) is 0 Å². The second-order valence-electron chi connectivity index (χ2n) is 7.88. The van der Waals surface area contributed by atoms with Crippen molar-refractivity contribution in [1.82, 2.24) is 25.1 Å². The number of pyridine rings is 1. The van der Waals surface area contributed by atoms with Crippen LogP contribution < -0.4 is 5.32 Å². The van der Waals surface area contributed by atoms with Crippen LogP contribution in [0.1, 0.15) is 18.1 Å². The van der Waals surface area contributed by atoms with Crippen molar-refractivity contribution < 1.29 is 9.59 Å². The molecule has 1 atom stereocenters. The van der Waals surface area contributed by atoms with Gasteiger partial charge in [-0.2, -0.15) is 0 Å². The highest BCUT2D eigenvalue weighted by Crippen LogP contribution is 2.29. The van der Waals surface area contributed by atoms with Gasteiger partial charge in [0.05, 0.1) is 17.5 Å². The average molecular weight is 472 g/mol. The molecule has 0 saturated carbocycles. The Bertz CT molecular complexity index is 1270. The lowest BCUT2D eigenvalue weighted by molar-refractivity contribution is -0.125. The summed E-state index contributed by atoms with van der Waals surface area (Å²) in [5, 5.41) is 12.2. The van der Waals surface area contributed by atoms with E-state index in [0.29, 0.717) is 17.4 Å². The number of aryl methyl sites for hydroxylation is 1. The van der Waals surface area contributed by atoms with Crippen LogP contribution in [0.5, 0.6) is 0 Å². The van der Waals surface area contributed by atoms with Gasteiger partial charge in [0, 0.05) is 18.0 Å². The van der Waals surface area contributed by atoms with E-state index in [2.05, 4.69) is 20.5 Å². The van der Waals surface area contributed by atoms with Crippen LogP contribution in [-0.4, -0.2) is 43.2 Å². The predicted molar refractivity (Wildman–Crippen MR) is 133 cm³/mol. The Labute approximate surface area is 202 Å². The first-order chi connectivity index (χ1) is 16.5. The number of hydrogen-bond acceptors (Lipinski definition) is 6. The van der Waals surface area contributed by atoms with Gasteiger partial charge in [-0.05, 0) is 49.6 Å². The molecule has 0 spiro atoms. The van der Waals surface area contributed by atoms with E-state index in [1.54, 1.807) is 12.4 Å². The number of aromatic nitrogens is 4. The minimum absolute atomic E-state index is 0.0795. The molecule has 0 saturated heterocycles. The van der Waals surface area contributed by atoms with E-state index < -0.39 is 6.04 Å². The summed E-state index contributed by atoms with van der Waals surface area (Å²) in [5.41, 5.74) is 3.81. The number of nitrogens with one attached hydrogen (secondary N) is 1. The molecule has 0 fully saturated rings. The lowest BCUT2D eigenvalue weighted by atomic mass is 10.0. The van der Waals surface area contributed by atoms with Crippen LogP contribution >= 0.6 is 11.8 Å². The molecule has 1 amide bonds. The highest BCUT2D eigenvalue weighted by atomic mass is 32.2. The number of hydrogen-bond donors (Lipinski definition) is 1. The van der Waals surface area contributed by atoms with Crippen LogP contribution in [0.3, 0.4) is 0 Å².